The van der Waals surface area contributed by atoms with Gasteiger partial charge in [-0.2, -0.15) is 43.9 Å². The van der Waals surface area contributed by atoms with Crippen molar-refractivity contribution in [1.82, 2.24) is 4.48 Å². The Hall–Kier alpha value is -5.93. The molecule has 0 N–H and O–H groups in total. The van der Waals surface area contributed by atoms with Gasteiger partial charge in [-0.25, -0.2) is 4.99 Å². The van der Waals surface area contributed by atoms with Gasteiger partial charge in [0.15, 0.2) is 0 Å². The Morgan fingerprint density at radius 3 is 1.53 bits per heavy atom. The number of hydrogen-bond donors (Lipinski definition) is 0. The van der Waals surface area contributed by atoms with Crippen molar-refractivity contribution in [3.63, 3.8) is 0 Å². The fraction of sp³-hybridized carbons (Fsp3) is 0.213. The van der Waals surface area contributed by atoms with Gasteiger partial charge in [0.05, 0.1) is 17.1 Å². The molecule has 0 aliphatic carbocycles. The predicted octanol–water partition coefficient (Wildman–Crippen LogP) is 13.1. The monoisotopic (exact) mass is 862 g/mol. The Bertz CT molecular complexity index is 2600. The van der Waals surface area contributed by atoms with Gasteiger partial charge in [-0.15, -0.1) is 0 Å². The molecule has 0 spiro atoms. The van der Waals surface area contributed by atoms with Crippen LogP contribution >= 0.6 is 0 Å². The first kappa shape index (κ1) is 44.1. The molecule has 0 radical (unpaired) electrons. The molecule has 15 heteroatoms. The van der Waals surface area contributed by atoms with E-state index in [0.717, 1.165) is 15.6 Å². The lowest BCUT2D eigenvalue weighted by Gasteiger charge is -2.28. The number of benzene rings is 5. The molecule has 4 nitrogen and oxygen atoms in total. The van der Waals surface area contributed by atoms with Crippen molar-refractivity contribution in [2.24, 2.45) is 4.99 Å². The summed E-state index contributed by atoms with van der Waals surface area (Å²) in [5.41, 5.74) is 7.52. The molecule has 0 bridgehead atoms. The molecule has 1 aromatic heterocycles. The van der Waals surface area contributed by atoms with Gasteiger partial charge in [0.2, 0.25) is 0 Å². The molecule has 0 atom stereocenters. The Labute approximate surface area is 351 Å². The Morgan fingerprint density at radius 1 is 0.532 bits per heavy atom. The van der Waals surface area contributed by atoms with Crippen molar-refractivity contribution >= 4 is 24.2 Å². The van der Waals surface area contributed by atoms with E-state index in [1.807, 2.05) is 56.3 Å². The highest BCUT2D eigenvalue weighted by Gasteiger charge is 2.60. The van der Waals surface area contributed by atoms with Crippen LogP contribution in [0.3, 0.4) is 0 Å². The summed E-state index contributed by atoms with van der Waals surface area (Å²) in [4.78, 5) is 5.23. The molecular weight excluding hydrogens is 825 g/mol. The van der Waals surface area contributed by atoms with Gasteiger partial charge in [-0.3, -0.25) is 0 Å². The van der Waals surface area contributed by atoms with Crippen LogP contribution in [0.5, 0.6) is 0 Å². The van der Waals surface area contributed by atoms with Crippen LogP contribution in [-0.4, -0.2) is 54.9 Å². The smallest absolute Gasteiger partial charge is 0.385 e. The molecule has 0 unspecified atom stereocenters. The molecule has 0 amide bonds. The van der Waals surface area contributed by atoms with Gasteiger partial charge >= 0.3 is 31.5 Å². The number of aryl methyl sites for hydroxylation is 4. The van der Waals surface area contributed by atoms with E-state index in [1.54, 1.807) is 92.7 Å². The summed E-state index contributed by atoms with van der Waals surface area (Å²) in [6.07, 6.45) is -12.4. The van der Waals surface area contributed by atoms with Crippen LogP contribution in [0.15, 0.2) is 132 Å². The Balaban J connectivity index is 1.67. The third kappa shape index (κ3) is 8.60. The maximum atomic E-state index is 14.8. The standard InChI is InChI=1S/C47H37BF10N2O2/c1-28-19-21-34(22-20-28)41-35-17-11-12-18-36(35)42(59-41)40(39-30(3)23-29(2)24-31(39)4)43-37(32-13-7-5-8-14-32)25-38(33-15-9-6-10-16-33)60(43)48(61-26-44(49,50)46(53,54)55)62-27-45(51,52)47(56,57)58/h5-25H,26-27H2,1-4H3/b42-40-. The van der Waals surface area contributed by atoms with Crippen LogP contribution < -0.4 is 0 Å². The normalized spacial score (nSPS) is 14.2. The summed E-state index contributed by atoms with van der Waals surface area (Å²) in [6, 6.07) is 36.4. The highest BCUT2D eigenvalue weighted by molar-refractivity contribution is 6.44. The molecule has 0 saturated carbocycles. The van der Waals surface area contributed by atoms with Crippen molar-refractivity contribution in [3.05, 3.63) is 178 Å². The highest BCUT2D eigenvalue weighted by atomic mass is 19.4. The van der Waals surface area contributed by atoms with Crippen LogP contribution in [-0.2, 0) is 9.31 Å². The Kier molecular flexibility index (Phi) is 11.9. The van der Waals surface area contributed by atoms with E-state index in [0.29, 0.717) is 44.7 Å². The van der Waals surface area contributed by atoms with Crippen LogP contribution in [0.1, 0.15) is 50.2 Å². The van der Waals surface area contributed by atoms with Gasteiger partial charge in [0.1, 0.15) is 13.2 Å². The van der Waals surface area contributed by atoms with Crippen molar-refractivity contribution in [2.45, 2.75) is 51.9 Å². The van der Waals surface area contributed by atoms with Crippen molar-refractivity contribution in [3.8, 4) is 22.4 Å². The van der Waals surface area contributed by atoms with Gasteiger partial charge in [0.25, 0.3) is 0 Å². The van der Waals surface area contributed by atoms with E-state index in [1.165, 1.54) is 6.07 Å². The molecule has 1 aliphatic heterocycles. The van der Waals surface area contributed by atoms with E-state index in [9.17, 15) is 43.9 Å². The van der Waals surface area contributed by atoms with Crippen molar-refractivity contribution in [2.75, 3.05) is 13.2 Å². The summed E-state index contributed by atoms with van der Waals surface area (Å²) >= 11 is 0. The van der Waals surface area contributed by atoms with E-state index in [-0.39, 0.29) is 33.8 Å². The fourth-order valence-electron chi connectivity index (χ4n) is 7.55. The average molecular weight is 863 g/mol. The van der Waals surface area contributed by atoms with Gasteiger partial charge < -0.3 is 13.8 Å². The van der Waals surface area contributed by atoms with Crippen LogP contribution in [0, 0.1) is 27.7 Å². The number of fused-ring (bicyclic) bond motifs is 1. The SMILES string of the molecule is Cc1ccc(C2=N/C(=C(/c3c(C)cc(C)cc3C)c3c(-c4ccccc4)cc(-c4ccccc4)n3B(OCC(F)(F)C(F)(F)F)OCC(F)(F)C(F)(F)F)c3ccccc32)cc1. The summed E-state index contributed by atoms with van der Waals surface area (Å²) in [6.45, 7) is 2.37. The maximum Gasteiger partial charge on any atom is 0.598 e. The molecule has 0 saturated heterocycles. The predicted molar refractivity (Wildman–Crippen MR) is 220 cm³/mol. The summed E-state index contributed by atoms with van der Waals surface area (Å²) in [5, 5.41) is 0. The van der Waals surface area contributed by atoms with Gasteiger partial charge in [0, 0.05) is 33.5 Å². The van der Waals surface area contributed by atoms with E-state index < -0.39 is 44.7 Å². The second-order valence-corrected chi connectivity index (χ2v) is 15.1. The van der Waals surface area contributed by atoms with E-state index in [2.05, 4.69) is 0 Å². The number of rotatable bonds is 12. The second kappa shape index (κ2) is 16.7. The van der Waals surface area contributed by atoms with Gasteiger partial charge in [-0.05, 0) is 61.6 Å². The van der Waals surface area contributed by atoms with Crippen LogP contribution in [0.4, 0.5) is 43.9 Å². The molecule has 1 aliphatic rings. The molecule has 62 heavy (non-hydrogen) atoms. The minimum Gasteiger partial charge on any atom is -0.385 e. The van der Waals surface area contributed by atoms with E-state index >= 15 is 0 Å². The van der Waals surface area contributed by atoms with Crippen LogP contribution in [0.2, 0.25) is 0 Å². The van der Waals surface area contributed by atoms with Crippen molar-refractivity contribution < 1.29 is 53.2 Å². The first-order chi connectivity index (χ1) is 29.2. The Morgan fingerprint density at radius 2 is 1.02 bits per heavy atom. The maximum absolute atomic E-state index is 14.8. The first-order valence-electron chi connectivity index (χ1n) is 19.3. The number of alkyl halides is 10. The summed E-state index contributed by atoms with van der Waals surface area (Å²) in [5.74, 6) is -11.2. The molecule has 2 heterocycles. The number of aliphatic imine (C=N–C) groups is 1. The molecule has 5 aromatic carbocycles. The third-order valence-electron chi connectivity index (χ3n) is 10.4. The zero-order chi connectivity index (χ0) is 44.8. The lowest BCUT2D eigenvalue weighted by Crippen LogP contribution is -2.48. The second-order valence-electron chi connectivity index (χ2n) is 15.1. The average Bonchev–Trinajstić information content (AvgIpc) is 3.79. The molecular formula is C47H37BF10N2O2. The lowest BCUT2D eigenvalue weighted by atomic mass is 9.85. The molecule has 0 fully saturated rings. The number of halogens is 10. The minimum absolute atomic E-state index is 0.0374. The van der Waals surface area contributed by atoms with Gasteiger partial charge in [-0.1, -0.05) is 132 Å². The number of hydrogen-bond acceptors (Lipinski definition) is 3. The fourth-order valence-corrected chi connectivity index (χ4v) is 7.55. The topological polar surface area (TPSA) is 35.8 Å². The summed E-state index contributed by atoms with van der Waals surface area (Å²) in [7, 11) is -2.75. The third-order valence-corrected chi connectivity index (χ3v) is 10.4. The minimum atomic E-state index is -6.19. The zero-order valence-electron chi connectivity index (χ0n) is 33.6. The van der Waals surface area contributed by atoms with Crippen molar-refractivity contribution in [1.29, 1.82) is 0 Å². The molecule has 6 aromatic rings. The molecule has 7 rings (SSSR count). The van der Waals surface area contributed by atoms with Crippen LogP contribution in [0.25, 0.3) is 33.7 Å². The number of nitrogens with zero attached hydrogens (tertiary/aromatic N) is 2. The number of aromatic nitrogens is 1. The largest absolute Gasteiger partial charge is 0.598 e. The molecule has 320 valence electrons. The highest BCUT2D eigenvalue weighted by Crippen LogP contribution is 2.48. The quantitative estimate of drug-likeness (QED) is 0.0908. The first-order valence-corrected chi connectivity index (χ1v) is 19.3. The zero-order valence-corrected chi connectivity index (χ0v) is 33.6. The summed E-state index contributed by atoms with van der Waals surface area (Å²) < 4.78 is 153. The lowest BCUT2D eigenvalue weighted by molar-refractivity contribution is -0.295. The van der Waals surface area contributed by atoms with E-state index in [4.69, 9.17) is 14.3 Å².